The Bertz CT molecular complexity index is 1060. The van der Waals surface area contributed by atoms with Gasteiger partial charge in [-0.15, -0.1) is 0 Å². The Morgan fingerprint density at radius 1 is 0.774 bits per heavy atom. The minimum absolute atomic E-state index is 0.162. The molecule has 1 aliphatic heterocycles. The lowest BCUT2D eigenvalue weighted by atomic mass is 10.1. The highest BCUT2D eigenvalue weighted by Crippen LogP contribution is 2.33. The standard InChI is InChI=1S/C19H16F6N2O3S/c20-18(21,22)13-5-7-14(8-6-13)31(29,30)27-11-9-26(10-12-27)17(28)15-3-1-2-4-16(15)19(23,24)25/h1-8H,9-12H2. The van der Waals surface area contributed by atoms with E-state index in [1.165, 1.54) is 6.07 Å². The maximum Gasteiger partial charge on any atom is 0.417 e. The topological polar surface area (TPSA) is 57.7 Å². The second-order valence-corrected chi connectivity index (χ2v) is 8.70. The monoisotopic (exact) mass is 466 g/mol. The predicted octanol–water partition coefficient (Wildman–Crippen LogP) is 3.87. The van der Waals surface area contributed by atoms with E-state index >= 15 is 0 Å². The molecule has 0 N–H and O–H groups in total. The van der Waals surface area contributed by atoms with Crippen LogP contribution in [0.2, 0.25) is 0 Å². The van der Waals surface area contributed by atoms with Crippen LogP contribution in [0.4, 0.5) is 26.3 Å². The van der Waals surface area contributed by atoms with Crippen molar-refractivity contribution in [1.29, 1.82) is 0 Å². The Balaban J connectivity index is 1.73. The van der Waals surface area contributed by atoms with Gasteiger partial charge in [0.1, 0.15) is 0 Å². The molecular weight excluding hydrogens is 450 g/mol. The van der Waals surface area contributed by atoms with Gasteiger partial charge < -0.3 is 4.90 Å². The molecule has 1 fully saturated rings. The van der Waals surface area contributed by atoms with Gasteiger partial charge in [-0.25, -0.2) is 8.42 Å². The van der Waals surface area contributed by atoms with E-state index in [0.717, 1.165) is 39.5 Å². The van der Waals surface area contributed by atoms with Crippen LogP contribution in [0, 0.1) is 0 Å². The first-order valence-electron chi connectivity index (χ1n) is 8.95. The average molecular weight is 466 g/mol. The molecule has 1 aliphatic rings. The van der Waals surface area contributed by atoms with Crippen LogP contribution in [0.25, 0.3) is 0 Å². The lowest BCUT2D eigenvalue weighted by Gasteiger charge is -2.34. The molecule has 1 amide bonds. The largest absolute Gasteiger partial charge is 0.417 e. The van der Waals surface area contributed by atoms with E-state index in [9.17, 15) is 39.6 Å². The Hall–Kier alpha value is -2.60. The van der Waals surface area contributed by atoms with Crippen LogP contribution in [0.1, 0.15) is 21.5 Å². The van der Waals surface area contributed by atoms with Gasteiger partial charge in [0.05, 0.1) is 21.6 Å². The van der Waals surface area contributed by atoms with E-state index in [4.69, 9.17) is 0 Å². The normalized spacial score (nSPS) is 16.4. The molecule has 0 bridgehead atoms. The molecule has 0 spiro atoms. The molecule has 5 nitrogen and oxygen atoms in total. The number of piperazine rings is 1. The van der Waals surface area contributed by atoms with Crippen molar-refractivity contribution in [3.05, 3.63) is 65.2 Å². The number of hydrogen-bond acceptors (Lipinski definition) is 3. The van der Waals surface area contributed by atoms with Gasteiger partial charge in [0.15, 0.2) is 0 Å². The average Bonchev–Trinajstić information content (AvgIpc) is 2.72. The van der Waals surface area contributed by atoms with Gasteiger partial charge in [0.25, 0.3) is 5.91 Å². The molecule has 0 saturated carbocycles. The van der Waals surface area contributed by atoms with E-state index in [-0.39, 0.29) is 31.1 Å². The fraction of sp³-hybridized carbons (Fsp3) is 0.316. The first kappa shape index (κ1) is 23.1. The van der Waals surface area contributed by atoms with Crippen LogP contribution in [0.15, 0.2) is 53.4 Å². The van der Waals surface area contributed by atoms with Crippen molar-refractivity contribution in [1.82, 2.24) is 9.21 Å². The van der Waals surface area contributed by atoms with Crippen molar-refractivity contribution in [2.75, 3.05) is 26.2 Å². The zero-order valence-electron chi connectivity index (χ0n) is 15.7. The number of nitrogens with zero attached hydrogens (tertiary/aromatic N) is 2. The molecule has 168 valence electrons. The highest BCUT2D eigenvalue weighted by Gasteiger charge is 2.37. The van der Waals surface area contributed by atoms with Crippen LogP contribution in [0.5, 0.6) is 0 Å². The van der Waals surface area contributed by atoms with Crippen LogP contribution in [-0.2, 0) is 22.4 Å². The van der Waals surface area contributed by atoms with Crippen molar-refractivity contribution in [2.45, 2.75) is 17.2 Å². The van der Waals surface area contributed by atoms with Crippen LogP contribution >= 0.6 is 0 Å². The highest BCUT2D eigenvalue weighted by atomic mass is 32.2. The second kappa shape index (κ2) is 8.15. The third-order valence-electron chi connectivity index (χ3n) is 4.81. The quantitative estimate of drug-likeness (QED) is 0.646. The number of rotatable bonds is 3. The first-order chi connectivity index (χ1) is 14.3. The molecule has 2 aromatic rings. The van der Waals surface area contributed by atoms with Gasteiger partial charge in [-0.2, -0.15) is 30.6 Å². The third-order valence-corrected chi connectivity index (χ3v) is 6.72. The number of benzene rings is 2. The van der Waals surface area contributed by atoms with Crippen molar-refractivity contribution < 1.29 is 39.6 Å². The molecule has 0 unspecified atom stereocenters. The van der Waals surface area contributed by atoms with E-state index in [1.54, 1.807) is 0 Å². The summed E-state index contributed by atoms with van der Waals surface area (Å²) in [4.78, 5) is 13.3. The molecule has 0 aliphatic carbocycles. The summed E-state index contributed by atoms with van der Waals surface area (Å²) in [5, 5.41) is 0. The highest BCUT2D eigenvalue weighted by molar-refractivity contribution is 7.89. The summed E-state index contributed by atoms with van der Waals surface area (Å²) in [7, 11) is -4.12. The summed E-state index contributed by atoms with van der Waals surface area (Å²) in [5.74, 6) is -0.875. The van der Waals surface area contributed by atoms with Crippen molar-refractivity contribution in [3.63, 3.8) is 0 Å². The lowest BCUT2D eigenvalue weighted by Crippen LogP contribution is -2.50. The van der Waals surface area contributed by atoms with Gasteiger partial charge >= 0.3 is 12.4 Å². The van der Waals surface area contributed by atoms with Crippen molar-refractivity contribution in [2.24, 2.45) is 0 Å². The second-order valence-electron chi connectivity index (χ2n) is 6.76. The van der Waals surface area contributed by atoms with Gasteiger partial charge in [-0.1, -0.05) is 12.1 Å². The minimum atomic E-state index is -4.72. The molecule has 1 heterocycles. The first-order valence-corrected chi connectivity index (χ1v) is 10.4. The summed E-state index contributed by atoms with van der Waals surface area (Å²) in [6, 6.07) is 7.29. The fourth-order valence-electron chi connectivity index (χ4n) is 3.18. The van der Waals surface area contributed by atoms with E-state index in [1.807, 2.05) is 0 Å². The Kier molecular flexibility index (Phi) is 6.07. The smallest absolute Gasteiger partial charge is 0.336 e. The molecule has 1 saturated heterocycles. The van der Waals surface area contributed by atoms with Gasteiger partial charge in [0, 0.05) is 26.2 Å². The summed E-state index contributed by atoms with van der Waals surface area (Å²) >= 11 is 0. The molecule has 2 aromatic carbocycles. The van der Waals surface area contributed by atoms with Crippen molar-refractivity contribution in [3.8, 4) is 0 Å². The number of halogens is 6. The van der Waals surface area contributed by atoms with Gasteiger partial charge in [0.2, 0.25) is 10.0 Å². The molecule has 0 aromatic heterocycles. The maximum absolute atomic E-state index is 13.2. The fourth-order valence-corrected chi connectivity index (χ4v) is 4.61. The van der Waals surface area contributed by atoms with E-state index in [2.05, 4.69) is 0 Å². The molecule has 31 heavy (non-hydrogen) atoms. The minimum Gasteiger partial charge on any atom is -0.336 e. The molecule has 12 heteroatoms. The summed E-state index contributed by atoms with van der Waals surface area (Å²) < 4.78 is 104. The predicted molar refractivity (Wildman–Crippen MR) is 97.6 cm³/mol. The van der Waals surface area contributed by atoms with Crippen LogP contribution in [-0.4, -0.2) is 49.7 Å². The maximum atomic E-state index is 13.2. The Morgan fingerprint density at radius 3 is 1.84 bits per heavy atom. The number of sulfonamides is 1. The molecule has 3 rings (SSSR count). The van der Waals surface area contributed by atoms with Gasteiger partial charge in [-0.3, -0.25) is 4.79 Å². The lowest BCUT2D eigenvalue weighted by molar-refractivity contribution is -0.138. The zero-order valence-corrected chi connectivity index (χ0v) is 16.6. The number of carbonyl (C=O) groups excluding carboxylic acids is 1. The third kappa shape index (κ3) is 4.85. The van der Waals surface area contributed by atoms with Crippen LogP contribution < -0.4 is 0 Å². The number of amides is 1. The van der Waals surface area contributed by atoms with Gasteiger partial charge in [-0.05, 0) is 36.4 Å². The molecule has 0 radical (unpaired) electrons. The Morgan fingerprint density at radius 2 is 1.32 bits per heavy atom. The van der Waals surface area contributed by atoms with E-state index in [0.29, 0.717) is 12.1 Å². The molecule has 0 atom stereocenters. The summed E-state index contributed by atoms with van der Waals surface area (Å²) in [6.07, 6.45) is -9.33. The van der Waals surface area contributed by atoms with E-state index < -0.39 is 45.0 Å². The number of alkyl halides is 6. The number of carbonyl (C=O) groups is 1. The number of hydrogen-bond donors (Lipinski definition) is 0. The van der Waals surface area contributed by atoms with Crippen molar-refractivity contribution >= 4 is 15.9 Å². The van der Waals surface area contributed by atoms with Crippen LogP contribution in [0.3, 0.4) is 0 Å². The summed E-state index contributed by atoms with van der Waals surface area (Å²) in [5.41, 5.74) is -2.61. The zero-order chi connectivity index (χ0) is 23.0. The summed E-state index contributed by atoms with van der Waals surface area (Å²) in [6.45, 7) is -0.734. The molecular formula is C19H16F6N2O3S. The Labute approximate surface area is 173 Å². The SMILES string of the molecule is O=C(c1ccccc1C(F)(F)F)N1CCN(S(=O)(=O)c2ccc(C(F)(F)F)cc2)CC1.